The normalized spacial score (nSPS) is 11.4. The number of aromatic nitrogens is 3. The topological polar surface area (TPSA) is 128 Å². The molecule has 174 valence electrons. The van der Waals surface area contributed by atoms with Crippen molar-refractivity contribution in [3.63, 3.8) is 0 Å². The smallest absolute Gasteiger partial charge is 0.326 e. The van der Waals surface area contributed by atoms with Gasteiger partial charge in [-0.2, -0.15) is 0 Å². The molecule has 0 radical (unpaired) electrons. The predicted molar refractivity (Wildman–Crippen MR) is 130 cm³/mol. The van der Waals surface area contributed by atoms with Gasteiger partial charge in [0.25, 0.3) is 10.0 Å². The fourth-order valence-electron chi connectivity index (χ4n) is 3.48. The lowest BCUT2D eigenvalue weighted by molar-refractivity contribution is -0.141. The van der Waals surface area contributed by atoms with Crippen molar-refractivity contribution in [2.24, 2.45) is 0 Å². The van der Waals surface area contributed by atoms with E-state index in [2.05, 4.69) is 15.0 Å². The van der Waals surface area contributed by atoms with Gasteiger partial charge in [-0.05, 0) is 61.9 Å². The molecule has 0 amide bonds. The largest absolute Gasteiger partial charge is 0.465 e. The third kappa shape index (κ3) is 4.53. The molecule has 34 heavy (non-hydrogen) atoms. The molecular weight excluding hydrogens is 454 g/mol. The molecular formula is C24H23N5O4S. The SMILES string of the molecule is CCOC(=O)CN(c1nc(-c2ncccc2C)cc2cccnc12)S(=O)(=O)c1ccc(N)cc1. The van der Waals surface area contributed by atoms with E-state index in [-0.39, 0.29) is 17.3 Å². The van der Waals surface area contributed by atoms with Crippen LogP contribution < -0.4 is 10.0 Å². The van der Waals surface area contributed by atoms with Gasteiger partial charge < -0.3 is 10.5 Å². The Kier molecular flexibility index (Phi) is 6.42. The van der Waals surface area contributed by atoms with Gasteiger partial charge >= 0.3 is 5.97 Å². The number of carbonyl (C=O) groups is 1. The molecule has 0 bridgehead atoms. The fourth-order valence-corrected chi connectivity index (χ4v) is 4.85. The minimum absolute atomic E-state index is 0.00281. The van der Waals surface area contributed by atoms with E-state index >= 15 is 0 Å². The highest BCUT2D eigenvalue weighted by Gasteiger charge is 2.31. The van der Waals surface area contributed by atoms with E-state index in [1.54, 1.807) is 37.4 Å². The number of nitrogen functional groups attached to an aromatic ring is 1. The molecule has 10 heteroatoms. The molecule has 0 fully saturated rings. The summed E-state index contributed by atoms with van der Waals surface area (Å²) < 4.78 is 33.5. The zero-order valence-electron chi connectivity index (χ0n) is 18.7. The third-order valence-corrected chi connectivity index (χ3v) is 6.85. The number of sulfonamides is 1. The molecule has 0 atom stereocenters. The third-order valence-electron chi connectivity index (χ3n) is 5.10. The number of nitrogens with zero attached hydrogens (tertiary/aromatic N) is 4. The van der Waals surface area contributed by atoms with Crippen LogP contribution in [0.1, 0.15) is 12.5 Å². The fraction of sp³-hybridized carbons (Fsp3) is 0.167. The highest BCUT2D eigenvalue weighted by atomic mass is 32.2. The summed E-state index contributed by atoms with van der Waals surface area (Å²) in [6.07, 6.45) is 3.18. The van der Waals surface area contributed by atoms with Crippen molar-refractivity contribution >= 4 is 38.4 Å². The van der Waals surface area contributed by atoms with Gasteiger partial charge in [0, 0.05) is 23.5 Å². The molecule has 9 nitrogen and oxygen atoms in total. The summed E-state index contributed by atoms with van der Waals surface area (Å²) in [5.74, 6) is -0.713. The van der Waals surface area contributed by atoms with Crippen LogP contribution in [0.5, 0.6) is 0 Å². The quantitative estimate of drug-likeness (QED) is 0.317. The number of ether oxygens (including phenoxy) is 1. The summed E-state index contributed by atoms with van der Waals surface area (Å²) in [6, 6.07) is 14.7. The first-order valence-electron chi connectivity index (χ1n) is 10.5. The summed E-state index contributed by atoms with van der Waals surface area (Å²) in [5, 5.41) is 0.647. The Balaban J connectivity index is 1.97. The summed E-state index contributed by atoms with van der Waals surface area (Å²) in [4.78, 5) is 25.9. The lowest BCUT2D eigenvalue weighted by Gasteiger charge is -2.24. The van der Waals surface area contributed by atoms with Gasteiger partial charge in [-0.25, -0.2) is 17.7 Å². The second-order valence-electron chi connectivity index (χ2n) is 7.46. The number of carbonyl (C=O) groups excluding carboxylic acids is 1. The maximum absolute atomic E-state index is 13.7. The van der Waals surface area contributed by atoms with Crippen LogP contribution in [-0.2, 0) is 19.6 Å². The Hall–Kier alpha value is -4.05. The summed E-state index contributed by atoms with van der Waals surface area (Å²) in [6.45, 7) is 3.06. The number of rotatable bonds is 7. The van der Waals surface area contributed by atoms with Gasteiger partial charge in [0.2, 0.25) is 0 Å². The number of nitrogens with two attached hydrogens (primary N) is 1. The van der Waals surface area contributed by atoms with E-state index in [0.717, 1.165) is 9.87 Å². The number of hydrogen-bond donors (Lipinski definition) is 1. The molecule has 0 unspecified atom stereocenters. The molecule has 4 rings (SSSR count). The molecule has 0 spiro atoms. The average molecular weight is 478 g/mol. The maximum Gasteiger partial charge on any atom is 0.326 e. The minimum atomic E-state index is -4.23. The van der Waals surface area contributed by atoms with E-state index in [4.69, 9.17) is 10.5 Å². The van der Waals surface area contributed by atoms with Crippen LogP contribution >= 0.6 is 0 Å². The lowest BCUT2D eigenvalue weighted by Crippen LogP contribution is -2.37. The van der Waals surface area contributed by atoms with Gasteiger partial charge in [0.1, 0.15) is 12.1 Å². The Morgan fingerprint density at radius 3 is 2.47 bits per heavy atom. The number of esters is 1. The van der Waals surface area contributed by atoms with E-state index in [0.29, 0.717) is 28.0 Å². The number of hydrogen-bond acceptors (Lipinski definition) is 8. The standard InChI is InChI=1S/C24H23N5O4S/c1-3-33-21(30)15-29(34(31,32)19-10-8-18(25)9-11-19)24-23-17(7-5-13-27-23)14-20(28-24)22-16(2)6-4-12-26-22/h4-14H,3,15,25H2,1-2H3. The number of benzene rings is 1. The monoisotopic (exact) mass is 477 g/mol. The Bertz CT molecular complexity index is 1460. The van der Waals surface area contributed by atoms with Gasteiger partial charge in [-0.1, -0.05) is 12.1 Å². The van der Waals surface area contributed by atoms with E-state index < -0.39 is 22.5 Å². The summed E-state index contributed by atoms with van der Waals surface area (Å²) in [5.41, 5.74) is 8.38. The Morgan fingerprint density at radius 1 is 1.06 bits per heavy atom. The Labute approximate surface area is 197 Å². The second kappa shape index (κ2) is 9.44. The first-order chi connectivity index (χ1) is 16.3. The first-order valence-corrected chi connectivity index (χ1v) is 12.0. The van der Waals surface area contributed by atoms with Crippen molar-refractivity contribution < 1.29 is 17.9 Å². The summed E-state index contributed by atoms with van der Waals surface area (Å²) >= 11 is 0. The lowest BCUT2D eigenvalue weighted by atomic mass is 10.1. The van der Waals surface area contributed by atoms with Crippen LogP contribution in [0.3, 0.4) is 0 Å². The van der Waals surface area contributed by atoms with Crippen molar-refractivity contribution in [3.8, 4) is 11.4 Å². The van der Waals surface area contributed by atoms with E-state index in [1.807, 2.05) is 13.0 Å². The van der Waals surface area contributed by atoms with Crippen LogP contribution in [0, 0.1) is 6.92 Å². The van der Waals surface area contributed by atoms with Crippen LogP contribution in [0.4, 0.5) is 11.5 Å². The minimum Gasteiger partial charge on any atom is -0.465 e. The second-order valence-corrected chi connectivity index (χ2v) is 9.32. The molecule has 4 aromatic rings. The van der Waals surface area contributed by atoms with Gasteiger partial charge in [-0.15, -0.1) is 0 Å². The van der Waals surface area contributed by atoms with Crippen LogP contribution in [-0.4, -0.2) is 42.5 Å². The number of anilines is 2. The molecule has 2 N–H and O–H groups in total. The van der Waals surface area contributed by atoms with E-state index in [9.17, 15) is 13.2 Å². The molecule has 0 saturated carbocycles. The predicted octanol–water partition coefficient (Wildman–Crippen LogP) is 3.34. The number of fused-ring (bicyclic) bond motifs is 1. The van der Waals surface area contributed by atoms with Crippen molar-refractivity contribution in [2.45, 2.75) is 18.7 Å². The molecule has 0 aliphatic carbocycles. The van der Waals surface area contributed by atoms with Crippen LogP contribution in [0.15, 0.2) is 71.9 Å². The molecule has 0 aliphatic rings. The highest BCUT2D eigenvalue weighted by molar-refractivity contribution is 7.92. The van der Waals surface area contributed by atoms with E-state index in [1.165, 1.54) is 30.5 Å². The van der Waals surface area contributed by atoms with Crippen LogP contribution in [0.2, 0.25) is 0 Å². The molecule has 0 aliphatic heterocycles. The summed E-state index contributed by atoms with van der Waals surface area (Å²) in [7, 11) is -4.23. The maximum atomic E-state index is 13.7. The van der Waals surface area contributed by atoms with Crippen LogP contribution in [0.25, 0.3) is 22.3 Å². The van der Waals surface area contributed by atoms with Gasteiger partial charge in [-0.3, -0.25) is 14.8 Å². The van der Waals surface area contributed by atoms with Crippen molar-refractivity contribution in [1.29, 1.82) is 0 Å². The van der Waals surface area contributed by atoms with Crippen molar-refractivity contribution in [3.05, 3.63) is 72.6 Å². The van der Waals surface area contributed by atoms with Gasteiger partial charge in [0.05, 0.1) is 22.9 Å². The first kappa shape index (κ1) is 23.1. The zero-order valence-corrected chi connectivity index (χ0v) is 19.5. The Morgan fingerprint density at radius 2 is 1.76 bits per heavy atom. The highest BCUT2D eigenvalue weighted by Crippen LogP contribution is 2.32. The zero-order chi connectivity index (χ0) is 24.3. The average Bonchev–Trinajstić information content (AvgIpc) is 2.82. The molecule has 3 aromatic heterocycles. The molecule has 1 aromatic carbocycles. The molecule has 0 saturated heterocycles. The number of aryl methyl sites for hydroxylation is 1. The van der Waals surface area contributed by atoms with Crippen molar-refractivity contribution in [2.75, 3.05) is 23.2 Å². The van der Waals surface area contributed by atoms with Crippen molar-refractivity contribution in [1.82, 2.24) is 15.0 Å². The number of pyridine rings is 3. The molecule has 3 heterocycles. The van der Waals surface area contributed by atoms with Gasteiger partial charge in [0.15, 0.2) is 5.82 Å².